The van der Waals surface area contributed by atoms with E-state index in [1.807, 2.05) is 13.8 Å². The number of benzene rings is 1. The van der Waals surface area contributed by atoms with Crippen molar-refractivity contribution in [3.8, 4) is 5.75 Å². The van der Waals surface area contributed by atoms with Gasteiger partial charge >= 0.3 is 0 Å². The molecule has 0 saturated heterocycles. The lowest BCUT2D eigenvalue weighted by Crippen LogP contribution is -2.00. The van der Waals surface area contributed by atoms with Crippen LogP contribution in [-0.4, -0.2) is 21.1 Å². The topological polar surface area (TPSA) is 116 Å². The van der Waals surface area contributed by atoms with Crippen molar-refractivity contribution in [2.75, 3.05) is 5.43 Å². The number of hydrogen-bond acceptors (Lipinski definition) is 8. The number of hydrazone groups is 1. The van der Waals surface area contributed by atoms with Crippen LogP contribution in [-0.2, 0) is 0 Å². The second-order valence-corrected chi connectivity index (χ2v) is 6.24. The number of rotatable bonds is 4. The van der Waals surface area contributed by atoms with Gasteiger partial charge in [0, 0.05) is 17.0 Å². The number of anilines is 1. The maximum Gasteiger partial charge on any atom is 0.270 e. The molecule has 1 N–H and O–H groups in total. The van der Waals surface area contributed by atoms with E-state index in [9.17, 15) is 15.2 Å². The van der Waals surface area contributed by atoms with Gasteiger partial charge in [-0.3, -0.25) is 15.5 Å². The summed E-state index contributed by atoms with van der Waals surface area (Å²) in [5, 5.41) is 27.4. The van der Waals surface area contributed by atoms with Crippen molar-refractivity contribution in [1.29, 1.82) is 0 Å². The molecule has 2 aromatic heterocycles. The molecule has 0 saturated carbocycles. The molecule has 0 bridgehead atoms. The van der Waals surface area contributed by atoms with E-state index in [-0.39, 0.29) is 17.0 Å². The van der Waals surface area contributed by atoms with Crippen molar-refractivity contribution in [3.63, 3.8) is 0 Å². The molecule has 0 radical (unpaired) electrons. The molecule has 0 atom stereocenters. The fourth-order valence-electron chi connectivity index (χ4n) is 2.18. The van der Waals surface area contributed by atoms with Gasteiger partial charge in [0.05, 0.1) is 16.5 Å². The summed E-state index contributed by atoms with van der Waals surface area (Å²) in [5.74, 6) is 0.178. The third-order valence-electron chi connectivity index (χ3n) is 3.54. The smallest absolute Gasteiger partial charge is 0.270 e. The molecule has 122 valence electrons. The number of fused-ring (bicyclic) bond motifs is 1. The molecule has 0 aliphatic heterocycles. The Kier molecular flexibility index (Phi) is 4.09. The number of aromatic nitrogens is 2. The molecule has 3 aromatic rings. The zero-order valence-corrected chi connectivity index (χ0v) is 13.6. The lowest BCUT2D eigenvalue weighted by molar-refractivity contribution is -0.385. The van der Waals surface area contributed by atoms with Gasteiger partial charge in [-0.05, 0) is 25.0 Å². The first kappa shape index (κ1) is 15.8. The van der Waals surface area contributed by atoms with Crippen molar-refractivity contribution in [2.24, 2.45) is 5.10 Å². The van der Waals surface area contributed by atoms with Gasteiger partial charge in [0.2, 0.25) is 0 Å². The van der Waals surface area contributed by atoms with Gasteiger partial charge < -0.3 is 5.11 Å². The van der Waals surface area contributed by atoms with Crippen molar-refractivity contribution in [2.45, 2.75) is 13.8 Å². The van der Waals surface area contributed by atoms with Crippen molar-refractivity contribution in [3.05, 3.63) is 50.6 Å². The van der Waals surface area contributed by atoms with Crippen molar-refractivity contribution < 1.29 is 10.0 Å². The fraction of sp³-hybridized carbons (Fsp3) is 0.133. The number of nitrogens with zero attached hydrogens (tertiary/aromatic N) is 4. The standard InChI is InChI=1S/C15H13N5O3S/c1-8-9(2)24-15-13(8)14(16-7-17-15)19-18-6-10-5-11(20(22)23)3-4-12(10)21/h3-7,21H,1-2H3,(H,16,17,19)/p-1/b18-6-. The van der Waals surface area contributed by atoms with Gasteiger partial charge in [-0.25, -0.2) is 9.97 Å². The Morgan fingerprint density at radius 1 is 1.33 bits per heavy atom. The van der Waals surface area contributed by atoms with E-state index in [4.69, 9.17) is 0 Å². The van der Waals surface area contributed by atoms with Crippen LogP contribution in [0.25, 0.3) is 10.2 Å². The number of nitrogens with one attached hydrogen (secondary N) is 1. The van der Waals surface area contributed by atoms with Crippen LogP contribution in [0, 0.1) is 24.0 Å². The van der Waals surface area contributed by atoms with Gasteiger partial charge in [-0.1, -0.05) is 11.8 Å². The first-order chi connectivity index (χ1) is 11.5. The first-order valence-electron chi connectivity index (χ1n) is 6.92. The molecule has 0 aliphatic carbocycles. The Bertz CT molecular complexity index is 967. The van der Waals surface area contributed by atoms with E-state index >= 15 is 0 Å². The zero-order chi connectivity index (χ0) is 17.3. The van der Waals surface area contributed by atoms with Crippen LogP contribution in [0.2, 0.25) is 0 Å². The minimum atomic E-state index is -0.560. The predicted molar refractivity (Wildman–Crippen MR) is 90.6 cm³/mol. The zero-order valence-electron chi connectivity index (χ0n) is 12.8. The predicted octanol–water partition coefficient (Wildman–Crippen LogP) is 2.74. The Morgan fingerprint density at radius 2 is 2.12 bits per heavy atom. The summed E-state index contributed by atoms with van der Waals surface area (Å²) in [6, 6.07) is 3.50. The van der Waals surface area contributed by atoms with E-state index in [0.717, 1.165) is 26.7 Å². The summed E-state index contributed by atoms with van der Waals surface area (Å²) in [6.45, 7) is 3.98. The molecule has 0 amide bonds. The second-order valence-electron chi connectivity index (χ2n) is 5.03. The molecule has 2 heterocycles. The minimum Gasteiger partial charge on any atom is -0.872 e. The maximum absolute atomic E-state index is 11.7. The minimum absolute atomic E-state index is 0.125. The van der Waals surface area contributed by atoms with Crippen LogP contribution in [0.4, 0.5) is 11.5 Å². The monoisotopic (exact) mass is 342 g/mol. The van der Waals surface area contributed by atoms with Crippen molar-refractivity contribution in [1.82, 2.24) is 9.97 Å². The second kappa shape index (κ2) is 6.20. The summed E-state index contributed by atoms with van der Waals surface area (Å²) in [4.78, 5) is 20.6. The van der Waals surface area contributed by atoms with Crippen LogP contribution >= 0.6 is 11.3 Å². The first-order valence-corrected chi connectivity index (χ1v) is 7.74. The van der Waals surface area contributed by atoms with Gasteiger partial charge in [0.1, 0.15) is 11.2 Å². The molecular formula is C15H12N5O3S-. The SMILES string of the molecule is Cc1sc2ncnc(N/N=C\c3cc([N+](=O)[O-])ccc3[O-])c2c1C. The molecule has 24 heavy (non-hydrogen) atoms. The summed E-state index contributed by atoms with van der Waals surface area (Å²) >= 11 is 1.56. The van der Waals surface area contributed by atoms with E-state index < -0.39 is 4.92 Å². The van der Waals surface area contributed by atoms with E-state index in [1.54, 1.807) is 11.3 Å². The van der Waals surface area contributed by atoms with Crippen LogP contribution < -0.4 is 10.5 Å². The third kappa shape index (κ3) is 2.88. The highest BCUT2D eigenvalue weighted by Gasteiger charge is 2.11. The van der Waals surface area contributed by atoms with Crippen LogP contribution in [0.3, 0.4) is 0 Å². The van der Waals surface area contributed by atoms with Crippen LogP contribution in [0.1, 0.15) is 16.0 Å². The Morgan fingerprint density at radius 3 is 2.88 bits per heavy atom. The molecule has 0 aliphatic rings. The molecule has 3 rings (SSSR count). The van der Waals surface area contributed by atoms with Gasteiger partial charge in [-0.15, -0.1) is 11.3 Å². The summed E-state index contributed by atoms with van der Waals surface area (Å²) in [6.07, 6.45) is 2.68. The molecule has 0 fully saturated rings. The number of aryl methyl sites for hydroxylation is 2. The highest BCUT2D eigenvalue weighted by molar-refractivity contribution is 7.18. The number of nitro benzene ring substituents is 1. The quantitative estimate of drug-likeness (QED) is 0.442. The van der Waals surface area contributed by atoms with E-state index in [0.29, 0.717) is 5.82 Å². The number of thiophene rings is 1. The third-order valence-corrected chi connectivity index (χ3v) is 4.66. The fourth-order valence-corrected chi connectivity index (χ4v) is 3.18. The molecular weight excluding hydrogens is 330 g/mol. The average Bonchev–Trinajstić information content (AvgIpc) is 2.84. The Hall–Kier alpha value is -3.07. The number of nitro groups is 1. The van der Waals surface area contributed by atoms with Crippen LogP contribution in [0.5, 0.6) is 5.75 Å². The lowest BCUT2D eigenvalue weighted by atomic mass is 10.2. The summed E-state index contributed by atoms with van der Waals surface area (Å²) < 4.78 is 0. The molecule has 9 heteroatoms. The lowest BCUT2D eigenvalue weighted by Gasteiger charge is -2.08. The molecule has 8 nitrogen and oxygen atoms in total. The summed E-state index contributed by atoms with van der Waals surface area (Å²) in [7, 11) is 0. The van der Waals surface area contributed by atoms with E-state index in [1.165, 1.54) is 24.7 Å². The highest BCUT2D eigenvalue weighted by atomic mass is 32.1. The van der Waals surface area contributed by atoms with Crippen molar-refractivity contribution >= 4 is 39.3 Å². The largest absolute Gasteiger partial charge is 0.872 e. The van der Waals surface area contributed by atoms with E-state index in [2.05, 4.69) is 20.5 Å². The molecule has 0 unspecified atom stereocenters. The highest BCUT2D eigenvalue weighted by Crippen LogP contribution is 2.32. The molecule has 1 aromatic carbocycles. The van der Waals surface area contributed by atoms with Gasteiger partial charge in [-0.2, -0.15) is 5.10 Å². The normalized spacial score (nSPS) is 11.2. The number of non-ortho nitro benzene ring substituents is 1. The average molecular weight is 342 g/mol. The molecule has 0 spiro atoms. The van der Waals surface area contributed by atoms with Gasteiger partial charge in [0.15, 0.2) is 5.82 Å². The number of hydrogen-bond donors (Lipinski definition) is 1. The van der Waals surface area contributed by atoms with Gasteiger partial charge in [0.25, 0.3) is 5.69 Å². The maximum atomic E-state index is 11.7. The summed E-state index contributed by atoms with van der Waals surface area (Å²) in [5.41, 5.74) is 3.81. The Labute approximate surface area is 140 Å². The Balaban J connectivity index is 1.90. The van der Waals surface area contributed by atoms with Crippen LogP contribution in [0.15, 0.2) is 29.6 Å².